The number of benzene rings is 1. The molecule has 1 aromatic carbocycles. The van der Waals surface area contributed by atoms with E-state index in [0.29, 0.717) is 35.4 Å². The molecule has 114 valence electrons. The predicted molar refractivity (Wildman–Crippen MR) is 86.5 cm³/mol. The van der Waals surface area contributed by atoms with Gasteiger partial charge < -0.3 is 5.73 Å². The lowest BCUT2D eigenvalue weighted by Crippen LogP contribution is -2.34. The highest BCUT2D eigenvalue weighted by Crippen LogP contribution is 2.35. The Bertz CT molecular complexity index is 618. The summed E-state index contributed by atoms with van der Waals surface area (Å²) in [5, 5.41) is 0. The largest absolute Gasteiger partial charge is 0.389 e. The number of hydrogen-bond donors (Lipinski definition) is 1. The highest BCUT2D eigenvalue weighted by Gasteiger charge is 2.35. The fraction of sp³-hybridized carbons (Fsp3) is 0.533. The fourth-order valence-electron chi connectivity index (χ4n) is 2.39. The molecule has 2 aliphatic rings. The van der Waals surface area contributed by atoms with Gasteiger partial charge in [-0.15, -0.1) is 0 Å². The van der Waals surface area contributed by atoms with Crippen molar-refractivity contribution in [3.05, 3.63) is 29.8 Å². The molecule has 0 spiro atoms. The van der Waals surface area contributed by atoms with Gasteiger partial charge in [0.1, 0.15) is 4.99 Å². The van der Waals surface area contributed by atoms with Gasteiger partial charge in [-0.2, -0.15) is 4.31 Å². The zero-order valence-electron chi connectivity index (χ0n) is 11.9. The van der Waals surface area contributed by atoms with Gasteiger partial charge in [0, 0.05) is 18.7 Å². The van der Waals surface area contributed by atoms with Crippen molar-refractivity contribution in [1.29, 1.82) is 0 Å². The Balaban J connectivity index is 1.82. The quantitative estimate of drug-likeness (QED) is 0.781. The van der Waals surface area contributed by atoms with E-state index in [2.05, 4.69) is 0 Å². The molecular formula is C15H20N2O2S2. The standard InChI is InChI=1S/C15H20N2O2S2/c16-15(20)13-5-7-14(8-6-13)21(18,19)17(9-11-1-2-11)10-12-3-4-12/h5-8,11-12H,1-4,9-10H2,(H2,16,20). The van der Waals surface area contributed by atoms with Crippen molar-refractivity contribution in [2.75, 3.05) is 13.1 Å². The molecule has 21 heavy (non-hydrogen) atoms. The molecule has 0 aliphatic heterocycles. The number of nitrogens with zero attached hydrogens (tertiary/aromatic N) is 1. The SMILES string of the molecule is NC(=S)c1ccc(S(=O)(=O)N(CC2CC2)CC2CC2)cc1. The molecule has 0 amide bonds. The molecule has 2 aliphatic carbocycles. The van der Waals surface area contributed by atoms with Gasteiger partial charge in [0.2, 0.25) is 10.0 Å². The van der Waals surface area contributed by atoms with Crippen LogP contribution in [-0.2, 0) is 10.0 Å². The number of nitrogens with two attached hydrogens (primary N) is 1. The molecule has 0 aromatic heterocycles. The van der Waals surface area contributed by atoms with Crippen molar-refractivity contribution in [2.24, 2.45) is 17.6 Å². The molecule has 6 heteroatoms. The third-order valence-corrected chi connectivity index (χ3v) is 6.18. The van der Waals surface area contributed by atoms with Crippen LogP contribution in [0.15, 0.2) is 29.2 Å². The van der Waals surface area contributed by atoms with Crippen molar-refractivity contribution in [3.8, 4) is 0 Å². The van der Waals surface area contributed by atoms with Crippen LogP contribution in [0.2, 0.25) is 0 Å². The Morgan fingerprint density at radius 3 is 1.95 bits per heavy atom. The summed E-state index contributed by atoms with van der Waals surface area (Å²) in [5.74, 6) is 1.10. The summed E-state index contributed by atoms with van der Waals surface area (Å²) in [7, 11) is -3.40. The van der Waals surface area contributed by atoms with Gasteiger partial charge in [-0.3, -0.25) is 0 Å². The first-order valence-electron chi connectivity index (χ1n) is 7.37. The highest BCUT2D eigenvalue weighted by atomic mass is 32.2. The fourth-order valence-corrected chi connectivity index (χ4v) is 4.12. The Morgan fingerprint density at radius 1 is 1.10 bits per heavy atom. The van der Waals surface area contributed by atoms with Crippen LogP contribution in [-0.4, -0.2) is 30.8 Å². The molecular weight excluding hydrogens is 304 g/mol. The van der Waals surface area contributed by atoms with E-state index in [0.717, 1.165) is 25.7 Å². The van der Waals surface area contributed by atoms with Gasteiger partial charge in [-0.05, 0) is 49.7 Å². The monoisotopic (exact) mass is 324 g/mol. The molecule has 0 heterocycles. The minimum atomic E-state index is -3.40. The number of hydrogen-bond acceptors (Lipinski definition) is 3. The van der Waals surface area contributed by atoms with E-state index in [1.807, 2.05) is 0 Å². The number of sulfonamides is 1. The lowest BCUT2D eigenvalue weighted by molar-refractivity contribution is 0.382. The third kappa shape index (κ3) is 3.62. The summed E-state index contributed by atoms with van der Waals surface area (Å²) < 4.78 is 27.3. The van der Waals surface area contributed by atoms with Crippen LogP contribution in [0.4, 0.5) is 0 Å². The average molecular weight is 324 g/mol. The van der Waals surface area contributed by atoms with Crippen LogP contribution in [0, 0.1) is 11.8 Å². The molecule has 0 bridgehead atoms. The van der Waals surface area contributed by atoms with E-state index in [-0.39, 0.29) is 4.99 Å². The van der Waals surface area contributed by atoms with E-state index in [9.17, 15) is 8.42 Å². The van der Waals surface area contributed by atoms with Crippen molar-refractivity contribution in [1.82, 2.24) is 4.31 Å². The summed E-state index contributed by atoms with van der Waals surface area (Å²) in [6.45, 7) is 1.33. The predicted octanol–water partition coefficient (Wildman–Crippen LogP) is 2.13. The normalized spacial score (nSPS) is 18.9. The van der Waals surface area contributed by atoms with Crippen LogP contribution < -0.4 is 5.73 Å². The van der Waals surface area contributed by atoms with Crippen LogP contribution in [0.25, 0.3) is 0 Å². The first kappa shape index (κ1) is 14.9. The molecule has 0 radical (unpaired) electrons. The number of rotatable bonds is 7. The van der Waals surface area contributed by atoms with E-state index in [4.69, 9.17) is 18.0 Å². The molecule has 3 rings (SSSR count). The Kier molecular flexibility index (Phi) is 4.03. The van der Waals surface area contributed by atoms with Crippen LogP contribution in [0.1, 0.15) is 31.2 Å². The van der Waals surface area contributed by atoms with E-state index in [1.165, 1.54) is 0 Å². The average Bonchev–Trinajstić information content (AvgIpc) is 3.33. The zero-order valence-corrected chi connectivity index (χ0v) is 13.5. The Morgan fingerprint density at radius 2 is 1.57 bits per heavy atom. The van der Waals surface area contributed by atoms with Crippen molar-refractivity contribution in [2.45, 2.75) is 30.6 Å². The second-order valence-corrected chi connectivity index (χ2v) is 8.48. The van der Waals surface area contributed by atoms with E-state index < -0.39 is 10.0 Å². The lowest BCUT2D eigenvalue weighted by Gasteiger charge is -2.22. The van der Waals surface area contributed by atoms with Crippen LogP contribution >= 0.6 is 12.2 Å². The van der Waals surface area contributed by atoms with Gasteiger partial charge in [0.15, 0.2) is 0 Å². The van der Waals surface area contributed by atoms with Crippen molar-refractivity contribution < 1.29 is 8.42 Å². The summed E-state index contributed by atoms with van der Waals surface area (Å²) in [6.07, 6.45) is 4.60. The molecule has 0 saturated heterocycles. The van der Waals surface area contributed by atoms with Crippen LogP contribution in [0.5, 0.6) is 0 Å². The lowest BCUT2D eigenvalue weighted by atomic mass is 10.2. The van der Waals surface area contributed by atoms with Crippen LogP contribution in [0.3, 0.4) is 0 Å². The highest BCUT2D eigenvalue weighted by molar-refractivity contribution is 7.89. The van der Waals surface area contributed by atoms with Gasteiger partial charge >= 0.3 is 0 Å². The van der Waals surface area contributed by atoms with E-state index in [1.54, 1.807) is 28.6 Å². The topological polar surface area (TPSA) is 63.4 Å². The zero-order chi connectivity index (χ0) is 15.0. The maximum Gasteiger partial charge on any atom is 0.243 e. The number of thiocarbonyl (C=S) groups is 1. The van der Waals surface area contributed by atoms with Crippen molar-refractivity contribution >= 4 is 27.2 Å². The molecule has 0 unspecified atom stereocenters. The smallest absolute Gasteiger partial charge is 0.243 e. The Labute approximate surface area is 131 Å². The van der Waals surface area contributed by atoms with Gasteiger partial charge in [0.25, 0.3) is 0 Å². The minimum absolute atomic E-state index is 0.284. The maximum atomic E-state index is 12.8. The van der Waals surface area contributed by atoms with Gasteiger partial charge in [0.05, 0.1) is 4.90 Å². The maximum absolute atomic E-state index is 12.8. The molecule has 0 atom stereocenters. The first-order chi connectivity index (χ1) is 9.96. The molecule has 4 nitrogen and oxygen atoms in total. The molecule has 2 N–H and O–H groups in total. The molecule has 1 aromatic rings. The molecule has 2 fully saturated rings. The third-order valence-electron chi connectivity index (χ3n) is 4.09. The van der Waals surface area contributed by atoms with Gasteiger partial charge in [-0.1, -0.05) is 24.4 Å². The van der Waals surface area contributed by atoms with Crippen molar-refractivity contribution in [3.63, 3.8) is 0 Å². The summed E-state index contributed by atoms with van der Waals surface area (Å²) >= 11 is 4.90. The summed E-state index contributed by atoms with van der Waals surface area (Å²) in [4.78, 5) is 0.621. The van der Waals surface area contributed by atoms with E-state index >= 15 is 0 Å². The first-order valence-corrected chi connectivity index (χ1v) is 9.21. The molecule has 2 saturated carbocycles. The second kappa shape index (κ2) is 5.66. The minimum Gasteiger partial charge on any atom is -0.389 e. The Hall–Kier alpha value is -0.980. The summed E-state index contributed by atoms with van der Waals surface area (Å²) in [5.41, 5.74) is 6.25. The summed E-state index contributed by atoms with van der Waals surface area (Å²) in [6, 6.07) is 6.58. The van der Waals surface area contributed by atoms with Gasteiger partial charge in [-0.25, -0.2) is 8.42 Å². The second-order valence-electron chi connectivity index (χ2n) is 6.10.